The number of carbonyl (C=O) groups excluding carboxylic acids is 1. The Morgan fingerprint density at radius 3 is 2.65 bits per heavy atom. The van der Waals surface area contributed by atoms with Crippen LogP contribution in [0.4, 0.5) is 17.3 Å². The summed E-state index contributed by atoms with van der Waals surface area (Å²) < 4.78 is 5.04. The van der Waals surface area contributed by atoms with Gasteiger partial charge in [0.15, 0.2) is 11.6 Å². The summed E-state index contributed by atoms with van der Waals surface area (Å²) in [6.07, 6.45) is 3.02. The molecule has 2 rings (SSSR count). The number of ether oxygens (including phenoxy) is 1. The Morgan fingerprint density at radius 2 is 2.00 bits per heavy atom. The Kier molecular flexibility index (Phi) is 5.35. The van der Waals surface area contributed by atoms with Crippen molar-refractivity contribution in [3.63, 3.8) is 0 Å². The van der Waals surface area contributed by atoms with Crippen molar-refractivity contribution in [3.8, 4) is 5.75 Å². The molecule has 1 aromatic heterocycles. The van der Waals surface area contributed by atoms with Crippen molar-refractivity contribution in [3.05, 3.63) is 48.8 Å². The first-order valence-corrected chi connectivity index (χ1v) is 6.81. The van der Waals surface area contributed by atoms with Crippen molar-refractivity contribution in [2.45, 2.75) is 0 Å². The lowest BCUT2D eigenvalue weighted by atomic mass is 10.2. The summed E-state index contributed by atoms with van der Waals surface area (Å²) in [6, 6.07) is 6.70. The molecule has 0 saturated heterocycles. The van der Waals surface area contributed by atoms with E-state index in [0.717, 1.165) is 0 Å². The Labute approximate surface area is 133 Å². The Balaban J connectivity index is 2.02. The fourth-order valence-electron chi connectivity index (χ4n) is 1.74. The molecule has 0 fully saturated rings. The van der Waals surface area contributed by atoms with E-state index in [4.69, 9.17) is 10.5 Å². The smallest absolute Gasteiger partial charge is 0.269 e. The number of anilines is 3. The van der Waals surface area contributed by atoms with Crippen molar-refractivity contribution in [1.29, 1.82) is 0 Å². The van der Waals surface area contributed by atoms with Crippen molar-refractivity contribution < 1.29 is 9.53 Å². The Morgan fingerprint density at radius 1 is 1.30 bits per heavy atom. The largest absolute Gasteiger partial charge is 0.497 e. The first-order valence-electron chi connectivity index (χ1n) is 6.81. The highest BCUT2D eigenvalue weighted by Crippen LogP contribution is 2.21. The quantitative estimate of drug-likeness (QED) is 0.451. The number of aromatic nitrogens is 2. The molecular weight excluding hydrogens is 296 g/mol. The highest BCUT2D eigenvalue weighted by molar-refractivity contribution is 5.95. The molecule has 0 atom stereocenters. The Hall–Kier alpha value is -3.29. The number of amides is 1. The molecule has 0 aliphatic heterocycles. The van der Waals surface area contributed by atoms with E-state index in [1.165, 1.54) is 6.33 Å². The van der Waals surface area contributed by atoms with Crippen molar-refractivity contribution in [2.24, 2.45) is 0 Å². The summed E-state index contributed by atoms with van der Waals surface area (Å²) in [7, 11) is 1.56. The van der Waals surface area contributed by atoms with Gasteiger partial charge in [-0.25, -0.2) is 9.97 Å². The van der Waals surface area contributed by atoms with E-state index in [0.29, 0.717) is 35.2 Å². The minimum Gasteiger partial charge on any atom is -0.497 e. The lowest BCUT2D eigenvalue weighted by Gasteiger charge is -2.12. The zero-order chi connectivity index (χ0) is 16.7. The van der Waals surface area contributed by atoms with Gasteiger partial charge in [0.05, 0.1) is 7.11 Å². The number of nitrogens with zero attached hydrogens (tertiary/aromatic N) is 2. The van der Waals surface area contributed by atoms with E-state index in [1.807, 2.05) is 0 Å². The zero-order valence-corrected chi connectivity index (χ0v) is 12.7. The molecule has 8 nitrogen and oxygen atoms in total. The lowest BCUT2D eigenvalue weighted by molar-refractivity contribution is 0.0962. The van der Waals surface area contributed by atoms with E-state index in [2.05, 4.69) is 32.7 Å². The SMILES string of the molecule is C=CCNc1ncnc(NNC(=O)c2ccc(OC)cc2)c1N. The number of hydrogen-bond donors (Lipinski definition) is 4. The number of nitrogens with one attached hydrogen (secondary N) is 3. The summed E-state index contributed by atoms with van der Waals surface area (Å²) in [6.45, 7) is 4.12. The summed E-state index contributed by atoms with van der Waals surface area (Å²) in [5.74, 6) is 1.10. The fourth-order valence-corrected chi connectivity index (χ4v) is 1.74. The second-order valence-electron chi connectivity index (χ2n) is 4.46. The number of nitrogen functional groups attached to an aromatic ring is 1. The van der Waals surface area contributed by atoms with Crippen LogP contribution >= 0.6 is 0 Å². The van der Waals surface area contributed by atoms with Crippen LogP contribution in [0.25, 0.3) is 0 Å². The number of methoxy groups -OCH3 is 1. The highest BCUT2D eigenvalue weighted by atomic mass is 16.5. The second-order valence-corrected chi connectivity index (χ2v) is 4.46. The maximum Gasteiger partial charge on any atom is 0.269 e. The summed E-state index contributed by atoms with van der Waals surface area (Å²) in [4.78, 5) is 20.1. The molecular formula is C15H18N6O2. The van der Waals surface area contributed by atoms with Gasteiger partial charge in [-0.3, -0.25) is 15.6 Å². The van der Waals surface area contributed by atoms with Crippen molar-refractivity contribution in [2.75, 3.05) is 30.1 Å². The molecule has 0 aliphatic rings. The molecule has 8 heteroatoms. The normalized spacial score (nSPS) is 9.78. The molecule has 0 spiro atoms. The summed E-state index contributed by atoms with van der Waals surface area (Å²) in [5, 5.41) is 2.97. The molecule has 120 valence electrons. The van der Waals surface area contributed by atoms with Gasteiger partial charge in [-0.05, 0) is 24.3 Å². The van der Waals surface area contributed by atoms with Crippen molar-refractivity contribution in [1.82, 2.24) is 15.4 Å². The maximum absolute atomic E-state index is 12.1. The highest BCUT2D eigenvalue weighted by Gasteiger charge is 2.09. The van der Waals surface area contributed by atoms with E-state index < -0.39 is 0 Å². The Bertz CT molecular complexity index is 687. The van der Waals surface area contributed by atoms with E-state index in [-0.39, 0.29) is 5.91 Å². The predicted molar refractivity (Wildman–Crippen MR) is 89.2 cm³/mol. The summed E-state index contributed by atoms with van der Waals surface area (Å²) in [5.41, 5.74) is 11.9. The summed E-state index contributed by atoms with van der Waals surface area (Å²) >= 11 is 0. The van der Waals surface area contributed by atoms with Gasteiger partial charge in [0.1, 0.15) is 17.8 Å². The van der Waals surface area contributed by atoms with Gasteiger partial charge in [0.25, 0.3) is 5.91 Å². The van der Waals surface area contributed by atoms with Crippen LogP contribution in [0.15, 0.2) is 43.2 Å². The fraction of sp³-hybridized carbons (Fsp3) is 0.133. The number of hydrogen-bond acceptors (Lipinski definition) is 7. The minimum absolute atomic E-state index is 0.296. The molecule has 0 aliphatic carbocycles. The second kappa shape index (κ2) is 7.64. The van der Waals surface area contributed by atoms with Crippen LogP contribution < -0.4 is 26.6 Å². The topological polar surface area (TPSA) is 114 Å². The minimum atomic E-state index is -0.328. The number of rotatable bonds is 7. The molecule has 0 saturated carbocycles. The molecule has 5 N–H and O–H groups in total. The first-order chi connectivity index (χ1) is 11.2. The van der Waals surface area contributed by atoms with Gasteiger partial charge >= 0.3 is 0 Å². The lowest BCUT2D eigenvalue weighted by Crippen LogP contribution is -2.30. The van der Waals surface area contributed by atoms with Gasteiger partial charge < -0.3 is 15.8 Å². The molecule has 0 unspecified atom stereocenters. The molecule has 0 radical (unpaired) electrons. The van der Waals surface area contributed by atoms with Crippen LogP contribution in [-0.2, 0) is 0 Å². The average molecular weight is 314 g/mol. The van der Waals surface area contributed by atoms with Gasteiger partial charge in [-0.1, -0.05) is 6.08 Å². The first kappa shape index (κ1) is 16.1. The van der Waals surface area contributed by atoms with Crippen LogP contribution in [0, 0.1) is 0 Å². The third kappa shape index (κ3) is 4.10. The van der Waals surface area contributed by atoms with Gasteiger partial charge in [-0.15, -0.1) is 6.58 Å². The molecule has 23 heavy (non-hydrogen) atoms. The van der Waals surface area contributed by atoms with Gasteiger partial charge in [-0.2, -0.15) is 0 Å². The van der Waals surface area contributed by atoms with Crippen LogP contribution in [0.2, 0.25) is 0 Å². The molecule has 1 aromatic carbocycles. The predicted octanol–water partition coefficient (Wildman–Crippen LogP) is 1.42. The van der Waals surface area contributed by atoms with Gasteiger partial charge in [0, 0.05) is 12.1 Å². The van der Waals surface area contributed by atoms with Gasteiger partial charge in [0.2, 0.25) is 0 Å². The number of benzene rings is 1. The van der Waals surface area contributed by atoms with Crippen LogP contribution in [0.5, 0.6) is 5.75 Å². The van der Waals surface area contributed by atoms with Crippen LogP contribution in [0.1, 0.15) is 10.4 Å². The van der Waals surface area contributed by atoms with Crippen molar-refractivity contribution >= 4 is 23.2 Å². The number of hydrazine groups is 1. The van der Waals surface area contributed by atoms with E-state index in [1.54, 1.807) is 37.5 Å². The number of carbonyl (C=O) groups is 1. The monoisotopic (exact) mass is 314 g/mol. The standard InChI is InChI=1S/C15H18N6O2/c1-3-8-17-13-12(16)14(19-9-18-13)20-21-15(22)10-4-6-11(23-2)7-5-10/h3-7,9H,1,8,16H2,2H3,(H,21,22)(H2,17,18,19,20). The third-order valence-corrected chi connectivity index (χ3v) is 2.94. The third-order valence-electron chi connectivity index (χ3n) is 2.94. The number of nitrogens with two attached hydrogens (primary N) is 1. The molecule has 1 amide bonds. The maximum atomic E-state index is 12.1. The van der Waals surface area contributed by atoms with E-state index >= 15 is 0 Å². The van der Waals surface area contributed by atoms with Crippen LogP contribution in [-0.4, -0.2) is 29.5 Å². The molecule has 0 bridgehead atoms. The van der Waals surface area contributed by atoms with E-state index in [9.17, 15) is 4.79 Å². The van der Waals surface area contributed by atoms with Crippen LogP contribution in [0.3, 0.4) is 0 Å². The zero-order valence-electron chi connectivity index (χ0n) is 12.7. The average Bonchev–Trinajstić information content (AvgIpc) is 2.59. The molecule has 2 aromatic rings. The molecule has 1 heterocycles.